The van der Waals surface area contributed by atoms with Crippen LogP contribution in [0.4, 0.5) is 4.39 Å². The van der Waals surface area contributed by atoms with Crippen molar-refractivity contribution in [3.63, 3.8) is 0 Å². The lowest BCUT2D eigenvalue weighted by molar-refractivity contribution is -0.155. The molecule has 0 fully saturated rings. The van der Waals surface area contributed by atoms with E-state index in [0.717, 1.165) is 10.0 Å². The van der Waals surface area contributed by atoms with Crippen LogP contribution in [0.15, 0.2) is 82.3 Å². The summed E-state index contributed by atoms with van der Waals surface area (Å²) in [5.41, 5.74) is 5.96. The fourth-order valence-electron chi connectivity index (χ4n) is 4.87. The Kier molecular flexibility index (Phi) is 13.2. The number of rotatable bonds is 16. The molecule has 0 spiro atoms. The lowest BCUT2D eigenvalue weighted by Gasteiger charge is -2.31. The smallest absolute Gasteiger partial charge is 0.306 e. The summed E-state index contributed by atoms with van der Waals surface area (Å²) < 4.78 is 31.7. The molecule has 9 nitrogen and oxygen atoms in total. The second-order valence-electron chi connectivity index (χ2n) is 12.0. The average Bonchev–Trinajstić information content (AvgIpc) is 3.43. The molecule has 47 heavy (non-hydrogen) atoms. The molecule has 252 valence electrons. The predicted molar refractivity (Wildman–Crippen MR) is 185 cm³/mol. The molecule has 0 aliphatic carbocycles. The molecule has 1 aliphatic heterocycles. The van der Waals surface area contributed by atoms with Crippen LogP contribution in [0.5, 0.6) is 5.75 Å². The molecule has 3 aromatic rings. The highest BCUT2D eigenvalue weighted by atomic mass is 79.9. The third kappa shape index (κ3) is 10.5. The van der Waals surface area contributed by atoms with Crippen LogP contribution in [-0.2, 0) is 24.8 Å². The number of aliphatic imine (C=N–C) groups is 1. The van der Waals surface area contributed by atoms with E-state index in [-0.39, 0.29) is 31.2 Å². The Bertz CT molecular complexity index is 1520. The highest BCUT2D eigenvalue weighted by Crippen LogP contribution is 2.45. The molecule has 4 rings (SSSR count). The van der Waals surface area contributed by atoms with E-state index in [1.807, 2.05) is 24.3 Å². The number of aliphatic hydroxyl groups is 1. The van der Waals surface area contributed by atoms with Crippen molar-refractivity contribution in [2.45, 2.75) is 63.0 Å². The van der Waals surface area contributed by atoms with Gasteiger partial charge in [-0.3, -0.25) is 15.0 Å². The van der Waals surface area contributed by atoms with Crippen molar-refractivity contribution in [1.82, 2.24) is 10.9 Å². The van der Waals surface area contributed by atoms with Gasteiger partial charge in [0, 0.05) is 53.1 Å². The number of hydrazine groups is 1. The maximum absolute atomic E-state index is 14.2. The minimum Gasteiger partial charge on any atom is -0.494 e. The van der Waals surface area contributed by atoms with Gasteiger partial charge in [0.25, 0.3) is 5.91 Å². The number of nitrogens with one attached hydrogen (secondary N) is 2. The minimum absolute atomic E-state index is 0.0204. The number of halogens is 2. The lowest BCUT2D eigenvalue weighted by Crippen LogP contribution is -2.53. The van der Waals surface area contributed by atoms with Crippen LogP contribution in [0, 0.1) is 5.82 Å². The summed E-state index contributed by atoms with van der Waals surface area (Å²) in [6.45, 7) is 6.25. The molecular formula is C35H41BrFN3O6S. The third-order valence-corrected chi connectivity index (χ3v) is 8.86. The molecule has 2 atom stereocenters. The van der Waals surface area contributed by atoms with E-state index < -0.39 is 29.1 Å². The molecule has 3 aromatic carbocycles. The number of aliphatic hydroxyl groups excluding tert-OH is 1. The van der Waals surface area contributed by atoms with Crippen LogP contribution in [-0.4, -0.2) is 59.5 Å². The van der Waals surface area contributed by atoms with E-state index in [1.165, 1.54) is 12.1 Å². The van der Waals surface area contributed by atoms with E-state index >= 15 is 0 Å². The molecule has 3 N–H and O–H groups in total. The number of benzene rings is 3. The molecule has 1 heterocycles. The van der Waals surface area contributed by atoms with Crippen molar-refractivity contribution < 1.29 is 33.3 Å². The summed E-state index contributed by atoms with van der Waals surface area (Å²) in [5.74, 6) is 1.07. The Balaban J connectivity index is 1.57. The molecule has 1 aliphatic rings. The van der Waals surface area contributed by atoms with Crippen molar-refractivity contribution in [1.29, 1.82) is 0 Å². The van der Waals surface area contributed by atoms with Gasteiger partial charge < -0.3 is 19.3 Å². The zero-order valence-corrected chi connectivity index (χ0v) is 29.2. The SMILES string of the molecule is CC(C)(C)OC(=O)CC[C@]1(C(=O)NNCCSCc2ccc(F)cc2)N=C(c2ccc(OCCCO)cc2)O[C@H]1c1ccccc1Br. The first kappa shape index (κ1) is 36.4. The highest BCUT2D eigenvalue weighted by molar-refractivity contribution is 9.10. The van der Waals surface area contributed by atoms with Gasteiger partial charge in [0.2, 0.25) is 5.90 Å². The quantitative estimate of drug-likeness (QED) is 0.0896. The summed E-state index contributed by atoms with van der Waals surface area (Å²) in [4.78, 5) is 32.1. The normalized spacial score (nSPS) is 17.5. The molecule has 1 amide bonds. The van der Waals surface area contributed by atoms with Crippen LogP contribution < -0.4 is 15.6 Å². The Morgan fingerprint density at radius 1 is 1.09 bits per heavy atom. The summed E-state index contributed by atoms with van der Waals surface area (Å²) in [7, 11) is 0. The van der Waals surface area contributed by atoms with Crippen molar-refractivity contribution >= 4 is 45.5 Å². The number of esters is 1. The summed E-state index contributed by atoms with van der Waals surface area (Å²) in [6.07, 6.45) is -0.406. The second-order valence-corrected chi connectivity index (χ2v) is 13.9. The largest absolute Gasteiger partial charge is 0.494 e. The molecule has 0 aromatic heterocycles. The number of thioether (sulfide) groups is 1. The molecular weight excluding hydrogens is 689 g/mol. The summed E-state index contributed by atoms with van der Waals surface area (Å²) in [5, 5.41) is 9.05. The molecule has 0 unspecified atom stereocenters. The number of hydrogen-bond donors (Lipinski definition) is 3. The number of ether oxygens (including phenoxy) is 3. The van der Waals surface area contributed by atoms with Crippen LogP contribution >= 0.6 is 27.7 Å². The molecule has 0 saturated carbocycles. The number of amides is 1. The zero-order chi connectivity index (χ0) is 33.9. The van der Waals surface area contributed by atoms with Gasteiger partial charge >= 0.3 is 5.97 Å². The Morgan fingerprint density at radius 2 is 1.81 bits per heavy atom. The summed E-state index contributed by atoms with van der Waals surface area (Å²) in [6, 6.07) is 21.0. The van der Waals surface area contributed by atoms with Gasteiger partial charge in [-0.05, 0) is 75.2 Å². The van der Waals surface area contributed by atoms with Gasteiger partial charge in [-0.1, -0.05) is 46.3 Å². The molecule has 12 heteroatoms. The second kappa shape index (κ2) is 17.1. The lowest BCUT2D eigenvalue weighted by atomic mass is 9.83. The zero-order valence-electron chi connectivity index (χ0n) is 26.8. The summed E-state index contributed by atoms with van der Waals surface area (Å²) >= 11 is 5.26. The first-order valence-electron chi connectivity index (χ1n) is 15.4. The van der Waals surface area contributed by atoms with E-state index in [0.29, 0.717) is 48.0 Å². The highest BCUT2D eigenvalue weighted by Gasteiger charge is 2.54. The van der Waals surface area contributed by atoms with Gasteiger partial charge in [-0.2, -0.15) is 11.8 Å². The predicted octanol–water partition coefficient (Wildman–Crippen LogP) is 6.28. The maximum atomic E-state index is 14.2. The fraction of sp³-hybridized carbons (Fsp3) is 0.400. The maximum Gasteiger partial charge on any atom is 0.306 e. The Morgan fingerprint density at radius 3 is 2.49 bits per heavy atom. The van der Waals surface area contributed by atoms with Crippen LogP contribution in [0.2, 0.25) is 0 Å². The molecule has 0 bridgehead atoms. The van der Waals surface area contributed by atoms with Crippen LogP contribution in [0.25, 0.3) is 0 Å². The van der Waals surface area contributed by atoms with Gasteiger partial charge in [0.15, 0.2) is 11.6 Å². The third-order valence-electron chi connectivity index (χ3n) is 7.10. The first-order valence-corrected chi connectivity index (χ1v) is 17.4. The van der Waals surface area contributed by atoms with Gasteiger partial charge in [0.05, 0.1) is 6.61 Å². The van der Waals surface area contributed by atoms with E-state index in [2.05, 4.69) is 26.8 Å². The van der Waals surface area contributed by atoms with Crippen molar-refractivity contribution in [3.05, 3.63) is 99.8 Å². The van der Waals surface area contributed by atoms with Gasteiger partial charge in [-0.15, -0.1) is 0 Å². The van der Waals surface area contributed by atoms with Crippen molar-refractivity contribution in [2.75, 3.05) is 25.5 Å². The van der Waals surface area contributed by atoms with Crippen molar-refractivity contribution in [3.8, 4) is 5.75 Å². The van der Waals surface area contributed by atoms with Gasteiger partial charge in [0.1, 0.15) is 17.2 Å². The van der Waals surface area contributed by atoms with E-state index in [9.17, 15) is 14.0 Å². The fourth-order valence-corrected chi connectivity index (χ4v) is 6.18. The molecule has 0 radical (unpaired) electrons. The standard InChI is InChI=1S/C35H41BrFN3O6S/c1-34(2,3)46-30(42)17-18-35(33(43)40-38-19-22-47-23-24-9-13-26(37)14-10-24)31(28-7-4-5-8-29(28)36)45-32(39-35)25-11-15-27(16-12-25)44-21-6-20-41/h4-5,7-16,31,38,41H,6,17-23H2,1-3H3,(H,40,43)/t31-,35-/m0/s1. The Hall–Kier alpha value is -3.45. The van der Waals surface area contributed by atoms with Crippen LogP contribution in [0.1, 0.15) is 62.8 Å². The van der Waals surface area contributed by atoms with E-state index in [1.54, 1.807) is 68.9 Å². The first-order chi connectivity index (χ1) is 22.5. The van der Waals surface area contributed by atoms with Gasteiger partial charge in [-0.25, -0.2) is 14.8 Å². The van der Waals surface area contributed by atoms with Crippen molar-refractivity contribution in [2.24, 2.45) is 4.99 Å². The van der Waals surface area contributed by atoms with E-state index in [4.69, 9.17) is 24.3 Å². The van der Waals surface area contributed by atoms with Crippen LogP contribution in [0.3, 0.4) is 0 Å². The topological polar surface area (TPSA) is 118 Å². The average molecular weight is 731 g/mol. The monoisotopic (exact) mass is 729 g/mol. The number of hydrogen-bond acceptors (Lipinski definition) is 9. The molecule has 0 saturated heterocycles. The Labute approximate surface area is 287 Å². The number of carbonyl (C=O) groups is 2. The number of nitrogens with zero attached hydrogens (tertiary/aromatic N) is 1. The minimum atomic E-state index is -1.53. The number of carbonyl (C=O) groups excluding carboxylic acids is 2.